The van der Waals surface area contributed by atoms with Crippen molar-refractivity contribution in [2.45, 2.75) is 13.0 Å². The summed E-state index contributed by atoms with van der Waals surface area (Å²) in [5.41, 5.74) is 1.20. The van der Waals surface area contributed by atoms with E-state index in [2.05, 4.69) is 54.7 Å². The van der Waals surface area contributed by atoms with Gasteiger partial charge in [0.15, 0.2) is 0 Å². The Hall–Kier alpha value is -0.670. The summed E-state index contributed by atoms with van der Waals surface area (Å²) in [5.74, 6) is 1.20. The van der Waals surface area contributed by atoms with E-state index in [9.17, 15) is 0 Å². The molecule has 1 unspecified atom stereocenters. The fraction of sp³-hybridized carbons (Fsp3) is 0.538. The minimum atomic E-state index is 0.562. The highest BCUT2D eigenvalue weighted by Gasteiger charge is 2.07. The number of hydrogen-bond donors (Lipinski definition) is 1. The molecule has 0 saturated heterocycles. The monoisotopic (exact) mass is 238 g/mol. The highest BCUT2D eigenvalue weighted by Crippen LogP contribution is 2.06. The van der Waals surface area contributed by atoms with Crippen molar-refractivity contribution in [2.24, 2.45) is 0 Å². The molecule has 1 rings (SSSR count). The highest BCUT2D eigenvalue weighted by molar-refractivity contribution is 7.98. The number of nitrogens with one attached hydrogen (secondary N) is 1. The zero-order valence-corrected chi connectivity index (χ0v) is 11.3. The Kier molecular flexibility index (Phi) is 6.34. The Bertz CT molecular complexity index is 277. The molecule has 90 valence electrons. The van der Waals surface area contributed by atoms with E-state index in [0.29, 0.717) is 6.04 Å². The van der Waals surface area contributed by atoms with E-state index in [1.54, 1.807) is 0 Å². The zero-order chi connectivity index (χ0) is 11.8. The Morgan fingerprint density at radius 2 is 2.00 bits per heavy atom. The number of anilines is 1. The van der Waals surface area contributed by atoms with Crippen LogP contribution in [-0.2, 0) is 0 Å². The molecule has 16 heavy (non-hydrogen) atoms. The molecular formula is C13H22N2S. The molecule has 0 spiro atoms. The number of hydrogen-bond acceptors (Lipinski definition) is 3. The summed E-state index contributed by atoms with van der Waals surface area (Å²) < 4.78 is 0. The van der Waals surface area contributed by atoms with Gasteiger partial charge in [0.05, 0.1) is 0 Å². The van der Waals surface area contributed by atoms with E-state index < -0.39 is 0 Å². The fourth-order valence-electron chi connectivity index (χ4n) is 1.43. The van der Waals surface area contributed by atoms with Crippen molar-refractivity contribution < 1.29 is 0 Å². The summed E-state index contributed by atoms with van der Waals surface area (Å²) in [6.45, 7) is 4.41. The van der Waals surface area contributed by atoms with Crippen LogP contribution in [0.3, 0.4) is 0 Å². The van der Waals surface area contributed by atoms with Crippen LogP contribution in [0, 0.1) is 0 Å². The van der Waals surface area contributed by atoms with Crippen molar-refractivity contribution in [1.29, 1.82) is 0 Å². The number of nitrogens with zero attached hydrogens (tertiary/aromatic N) is 1. The van der Waals surface area contributed by atoms with Crippen LogP contribution in [0.15, 0.2) is 30.3 Å². The second kappa shape index (κ2) is 7.58. The molecule has 3 heteroatoms. The first-order chi connectivity index (χ1) is 7.74. The SMILES string of the molecule is CSCCN(C)C(C)CNc1ccccc1. The fourth-order valence-corrected chi connectivity index (χ4v) is 1.90. The maximum atomic E-state index is 3.45. The first-order valence-electron chi connectivity index (χ1n) is 5.72. The molecule has 2 nitrogen and oxygen atoms in total. The minimum Gasteiger partial charge on any atom is -0.383 e. The van der Waals surface area contributed by atoms with Crippen LogP contribution >= 0.6 is 11.8 Å². The van der Waals surface area contributed by atoms with Gasteiger partial charge in [0.2, 0.25) is 0 Å². The summed E-state index contributed by atoms with van der Waals surface area (Å²) >= 11 is 1.90. The molecule has 1 atom stereocenters. The van der Waals surface area contributed by atoms with Gasteiger partial charge in [-0.15, -0.1) is 0 Å². The van der Waals surface area contributed by atoms with E-state index in [0.717, 1.165) is 13.1 Å². The third-order valence-electron chi connectivity index (χ3n) is 2.78. The van der Waals surface area contributed by atoms with Crippen LogP contribution in [0.25, 0.3) is 0 Å². The van der Waals surface area contributed by atoms with Crippen LogP contribution in [0.2, 0.25) is 0 Å². The number of thioether (sulfide) groups is 1. The normalized spacial score (nSPS) is 12.8. The predicted molar refractivity (Wildman–Crippen MR) is 75.4 cm³/mol. The minimum absolute atomic E-state index is 0.562. The molecule has 0 bridgehead atoms. The Labute approximate surface area is 103 Å². The third-order valence-corrected chi connectivity index (χ3v) is 3.37. The van der Waals surface area contributed by atoms with Crippen LogP contribution in [-0.4, -0.2) is 43.1 Å². The molecule has 0 amide bonds. The molecule has 0 aromatic heterocycles. The molecule has 0 saturated carbocycles. The lowest BCUT2D eigenvalue weighted by Crippen LogP contribution is -2.36. The standard InChI is InChI=1S/C13H22N2S/c1-12(15(2)9-10-16-3)11-14-13-7-5-4-6-8-13/h4-8,12,14H,9-11H2,1-3H3. The van der Waals surface area contributed by atoms with Crippen molar-refractivity contribution in [3.8, 4) is 0 Å². The molecule has 0 aliphatic rings. The lowest BCUT2D eigenvalue weighted by atomic mass is 10.2. The van der Waals surface area contributed by atoms with E-state index in [4.69, 9.17) is 0 Å². The lowest BCUT2D eigenvalue weighted by Gasteiger charge is -2.24. The van der Waals surface area contributed by atoms with Crippen LogP contribution in [0.1, 0.15) is 6.92 Å². The van der Waals surface area contributed by atoms with E-state index in [-0.39, 0.29) is 0 Å². The smallest absolute Gasteiger partial charge is 0.0340 e. The predicted octanol–water partition coefficient (Wildman–Crippen LogP) is 2.78. The maximum Gasteiger partial charge on any atom is 0.0340 e. The van der Waals surface area contributed by atoms with Gasteiger partial charge in [-0.2, -0.15) is 11.8 Å². The Morgan fingerprint density at radius 3 is 2.62 bits per heavy atom. The van der Waals surface area contributed by atoms with Crippen molar-refractivity contribution >= 4 is 17.4 Å². The average molecular weight is 238 g/mol. The van der Waals surface area contributed by atoms with Gasteiger partial charge in [0.1, 0.15) is 0 Å². The van der Waals surface area contributed by atoms with Crippen molar-refractivity contribution in [3.05, 3.63) is 30.3 Å². The van der Waals surface area contributed by atoms with Gasteiger partial charge in [0, 0.05) is 30.6 Å². The van der Waals surface area contributed by atoms with Gasteiger partial charge in [-0.3, -0.25) is 0 Å². The van der Waals surface area contributed by atoms with Gasteiger partial charge in [-0.05, 0) is 32.4 Å². The zero-order valence-electron chi connectivity index (χ0n) is 10.4. The summed E-state index contributed by atoms with van der Waals surface area (Å²) in [5, 5.41) is 3.45. The quantitative estimate of drug-likeness (QED) is 0.786. The van der Waals surface area contributed by atoms with Crippen molar-refractivity contribution in [2.75, 3.05) is 37.5 Å². The first kappa shape index (κ1) is 13.4. The number of para-hydroxylation sites is 1. The molecule has 0 heterocycles. The van der Waals surface area contributed by atoms with E-state index >= 15 is 0 Å². The molecular weight excluding hydrogens is 216 g/mol. The Balaban J connectivity index is 2.26. The number of benzene rings is 1. The molecule has 0 fully saturated rings. The molecule has 0 radical (unpaired) electrons. The number of likely N-dealkylation sites (N-methyl/N-ethyl adjacent to an activating group) is 1. The summed E-state index contributed by atoms with van der Waals surface area (Å²) in [6, 6.07) is 10.9. The van der Waals surface area contributed by atoms with Gasteiger partial charge in [0.25, 0.3) is 0 Å². The Morgan fingerprint density at radius 1 is 1.31 bits per heavy atom. The van der Waals surface area contributed by atoms with Gasteiger partial charge < -0.3 is 10.2 Å². The van der Waals surface area contributed by atoms with Crippen LogP contribution in [0.4, 0.5) is 5.69 Å². The third kappa shape index (κ3) is 4.90. The summed E-state index contributed by atoms with van der Waals surface area (Å²) in [6.07, 6.45) is 2.15. The summed E-state index contributed by atoms with van der Waals surface area (Å²) in [4.78, 5) is 2.40. The van der Waals surface area contributed by atoms with E-state index in [1.807, 2.05) is 17.8 Å². The molecule has 1 aromatic carbocycles. The second-order valence-electron chi connectivity index (χ2n) is 4.07. The molecule has 0 aliphatic heterocycles. The molecule has 1 N–H and O–H groups in total. The summed E-state index contributed by atoms with van der Waals surface area (Å²) in [7, 11) is 2.19. The number of rotatable bonds is 7. The van der Waals surface area contributed by atoms with Crippen molar-refractivity contribution in [1.82, 2.24) is 4.90 Å². The molecule has 1 aromatic rings. The van der Waals surface area contributed by atoms with Gasteiger partial charge >= 0.3 is 0 Å². The van der Waals surface area contributed by atoms with Crippen LogP contribution < -0.4 is 5.32 Å². The highest BCUT2D eigenvalue weighted by atomic mass is 32.2. The van der Waals surface area contributed by atoms with Gasteiger partial charge in [-0.1, -0.05) is 18.2 Å². The van der Waals surface area contributed by atoms with Gasteiger partial charge in [-0.25, -0.2) is 0 Å². The van der Waals surface area contributed by atoms with E-state index in [1.165, 1.54) is 11.4 Å². The lowest BCUT2D eigenvalue weighted by molar-refractivity contribution is 0.284. The maximum absolute atomic E-state index is 3.45. The topological polar surface area (TPSA) is 15.3 Å². The molecule has 0 aliphatic carbocycles. The van der Waals surface area contributed by atoms with Crippen LogP contribution in [0.5, 0.6) is 0 Å². The first-order valence-corrected chi connectivity index (χ1v) is 7.11. The van der Waals surface area contributed by atoms with Crippen molar-refractivity contribution in [3.63, 3.8) is 0 Å². The largest absolute Gasteiger partial charge is 0.383 e. The average Bonchev–Trinajstić information content (AvgIpc) is 2.34. The second-order valence-corrected chi connectivity index (χ2v) is 5.05.